The second-order valence-corrected chi connectivity index (χ2v) is 8.76. The molecule has 0 radical (unpaired) electrons. The molecule has 0 unspecified atom stereocenters. The quantitative estimate of drug-likeness (QED) is 0.822. The van der Waals surface area contributed by atoms with Crippen molar-refractivity contribution < 1.29 is 17.9 Å². The molecule has 1 heterocycles. The summed E-state index contributed by atoms with van der Waals surface area (Å²) in [6, 6.07) is 16.7. The zero-order valence-electron chi connectivity index (χ0n) is 15.3. The predicted octanol–water partition coefficient (Wildman–Crippen LogP) is 3.48. The minimum Gasteiger partial charge on any atom is -0.457 e. The van der Waals surface area contributed by atoms with Gasteiger partial charge in [-0.25, -0.2) is 12.7 Å². The van der Waals surface area contributed by atoms with E-state index in [0.29, 0.717) is 37.4 Å². The molecule has 0 bridgehead atoms. The number of hydrogen-bond acceptors (Lipinski definition) is 4. The molecule has 1 amide bonds. The van der Waals surface area contributed by atoms with Crippen molar-refractivity contribution in [1.29, 1.82) is 0 Å². The highest BCUT2D eigenvalue weighted by Gasteiger charge is 2.30. The number of carbonyl (C=O) groups excluding carboxylic acids is 1. The number of benzene rings is 2. The van der Waals surface area contributed by atoms with Crippen molar-refractivity contribution in [1.82, 2.24) is 4.31 Å². The van der Waals surface area contributed by atoms with Crippen molar-refractivity contribution in [3.8, 4) is 11.5 Å². The van der Waals surface area contributed by atoms with Crippen molar-refractivity contribution in [2.75, 3.05) is 24.2 Å². The Morgan fingerprint density at radius 1 is 1.04 bits per heavy atom. The maximum atomic E-state index is 12.5. The number of nitrogens with zero attached hydrogens (tertiary/aromatic N) is 1. The predicted molar refractivity (Wildman–Crippen MR) is 105 cm³/mol. The normalized spacial score (nSPS) is 16.0. The zero-order valence-corrected chi connectivity index (χ0v) is 16.1. The monoisotopic (exact) mass is 388 g/mol. The number of hydrogen-bond donors (Lipinski definition) is 1. The van der Waals surface area contributed by atoms with Gasteiger partial charge < -0.3 is 10.1 Å². The summed E-state index contributed by atoms with van der Waals surface area (Å²) in [5, 5.41) is 2.91. The Kier molecular flexibility index (Phi) is 6.13. The van der Waals surface area contributed by atoms with E-state index in [0.717, 1.165) is 5.75 Å². The number of amides is 1. The van der Waals surface area contributed by atoms with Crippen LogP contribution in [0.1, 0.15) is 19.8 Å². The summed E-state index contributed by atoms with van der Waals surface area (Å²) in [7, 11) is -3.17. The number of rotatable bonds is 6. The average molecular weight is 388 g/mol. The van der Waals surface area contributed by atoms with Crippen LogP contribution in [0, 0.1) is 5.92 Å². The lowest BCUT2D eigenvalue weighted by Crippen LogP contribution is -2.42. The fourth-order valence-corrected chi connectivity index (χ4v) is 4.19. The van der Waals surface area contributed by atoms with Gasteiger partial charge in [0.2, 0.25) is 15.9 Å². The molecule has 6 nitrogen and oxygen atoms in total. The zero-order chi connectivity index (χ0) is 19.3. The number of anilines is 1. The summed E-state index contributed by atoms with van der Waals surface area (Å²) in [6.07, 6.45) is 1.08. The van der Waals surface area contributed by atoms with Gasteiger partial charge in [0.1, 0.15) is 11.5 Å². The van der Waals surface area contributed by atoms with Crippen LogP contribution in [-0.2, 0) is 14.8 Å². The minimum atomic E-state index is -3.17. The largest absolute Gasteiger partial charge is 0.457 e. The topological polar surface area (TPSA) is 75.7 Å². The van der Waals surface area contributed by atoms with Gasteiger partial charge in [-0.3, -0.25) is 4.79 Å². The number of nitrogens with one attached hydrogen (secondary N) is 1. The molecule has 1 N–H and O–H groups in total. The van der Waals surface area contributed by atoms with Crippen LogP contribution < -0.4 is 10.1 Å². The van der Waals surface area contributed by atoms with Crippen molar-refractivity contribution in [2.45, 2.75) is 19.8 Å². The first kappa shape index (κ1) is 19.4. The molecule has 0 atom stereocenters. The molecule has 1 aliphatic rings. The van der Waals surface area contributed by atoms with Crippen LogP contribution in [0.25, 0.3) is 0 Å². The third-order valence-corrected chi connectivity index (χ3v) is 6.57. The van der Waals surface area contributed by atoms with Crippen LogP contribution in [0.2, 0.25) is 0 Å². The van der Waals surface area contributed by atoms with E-state index in [1.54, 1.807) is 31.2 Å². The summed E-state index contributed by atoms with van der Waals surface area (Å²) in [5.74, 6) is 1.30. The van der Waals surface area contributed by atoms with E-state index in [1.165, 1.54) is 4.31 Å². The highest BCUT2D eigenvalue weighted by molar-refractivity contribution is 7.89. The molecule has 0 aromatic heterocycles. The Bertz CT molecular complexity index is 859. The maximum absolute atomic E-state index is 12.5. The molecule has 144 valence electrons. The van der Waals surface area contributed by atoms with Gasteiger partial charge in [0, 0.05) is 24.7 Å². The first-order valence-electron chi connectivity index (χ1n) is 9.09. The smallest absolute Gasteiger partial charge is 0.227 e. The van der Waals surface area contributed by atoms with Crippen molar-refractivity contribution in [3.05, 3.63) is 54.6 Å². The lowest BCUT2D eigenvalue weighted by Gasteiger charge is -2.30. The Hall–Kier alpha value is -2.38. The molecule has 7 heteroatoms. The van der Waals surface area contributed by atoms with Crippen LogP contribution in [-0.4, -0.2) is 37.5 Å². The fraction of sp³-hybridized carbons (Fsp3) is 0.350. The number of carbonyl (C=O) groups is 1. The lowest BCUT2D eigenvalue weighted by molar-refractivity contribution is -0.120. The molecule has 3 rings (SSSR count). The van der Waals surface area contributed by atoms with E-state index >= 15 is 0 Å². The Morgan fingerprint density at radius 3 is 2.22 bits per heavy atom. The minimum absolute atomic E-state index is 0.0692. The van der Waals surface area contributed by atoms with Crippen LogP contribution in [0.3, 0.4) is 0 Å². The molecule has 27 heavy (non-hydrogen) atoms. The molecular formula is C20H24N2O4S. The van der Waals surface area contributed by atoms with E-state index in [4.69, 9.17) is 4.74 Å². The molecule has 1 fully saturated rings. The van der Waals surface area contributed by atoms with Gasteiger partial charge in [0.15, 0.2) is 0 Å². The van der Waals surface area contributed by atoms with Crippen molar-refractivity contribution in [3.63, 3.8) is 0 Å². The van der Waals surface area contributed by atoms with Gasteiger partial charge in [-0.15, -0.1) is 0 Å². The van der Waals surface area contributed by atoms with Crippen molar-refractivity contribution in [2.24, 2.45) is 5.92 Å². The first-order chi connectivity index (χ1) is 13.0. The SMILES string of the molecule is CCS(=O)(=O)N1CCC(C(=O)Nc2ccc(Oc3ccccc3)cc2)CC1. The summed E-state index contributed by atoms with van der Waals surface area (Å²) >= 11 is 0. The van der Waals surface area contributed by atoms with Crippen LogP contribution in [0.5, 0.6) is 11.5 Å². The van der Waals surface area contributed by atoms with Gasteiger partial charge in [-0.05, 0) is 56.2 Å². The fourth-order valence-electron chi connectivity index (χ4n) is 3.05. The van der Waals surface area contributed by atoms with Crippen LogP contribution >= 0.6 is 0 Å². The van der Waals surface area contributed by atoms with Crippen LogP contribution in [0.15, 0.2) is 54.6 Å². The summed E-state index contributed by atoms with van der Waals surface area (Å²) in [5.41, 5.74) is 0.698. The standard InChI is InChI=1S/C20H24N2O4S/c1-2-27(24,25)22-14-12-16(13-15-22)20(23)21-17-8-10-19(11-9-17)26-18-6-4-3-5-7-18/h3-11,16H,2,12-15H2,1H3,(H,21,23). The van der Waals surface area contributed by atoms with Gasteiger partial charge in [-0.2, -0.15) is 0 Å². The first-order valence-corrected chi connectivity index (χ1v) is 10.7. The third kappa shape index (κ3) is 5.08. The van der Waals surface area contributed by atoms with Crippen molar-refractivity contribution >= 4 is 21.6 Å². The lowest BCUT2D eigenvalue weighted by atomic mass is 9.97. The highest BCUT2D eigenvalue weighted by Crippen LogP contribution is 2.24. The average Bonchev–Trinajstić information content (AvgIpc) is 2.70. The van der Waals surface area contributed by atoms with Gasteiger partial charge in [-0.1, -0.05) is 18.2 Å². The van der Waals surface area contributed by atoms with E-state index in [-0.39, 0.29) is 17.6 Å². The Balaban J connectivity index is 1.53. The molecule has 2 aromatic rings. The highest BCUT2D eigenvalue weighted by atomic mass is 32.2. The van der Waals surface area contributed by atoms with Crippen LogP contribution in [0.4, 0.5) is 5.69 Å². The van der Waals surface area contributed by atoms with Gasteiger partial charge in [0.25, 0.3) is 0 Å². The van der Waals surface area contributed by atoms with E-state index in [9.17, 15) is 13.2 Å². The molecule has 1 saturated heterocycles. The Labute approximate surface area is 160 Å². The molecule has 0 saturated carbocycles. The van der Waals surface area contributed by atoms with E-state index in [2.05, 4.69) is 5.32 Å². The number of para-hydroxylation sites is 1. The van der Waals surface area contributed by atoms with E-state index in [1.807, 2.05) is 30.3 Å². The van der Waals surface area contributed by atoms with Gasteiger partial charge >= 0.3 is 0 Å². The second kappa shape index (κ2) is 8.54. The number of piperidine rings is 1. The molecule has 0 spiro atoms. The molecule has 2 aromatic carbocycles. The van der Waals surface area contributed by atoms with Gasteiger partial charge in [0.05, 0.1) is 5.75 Å². The summed E-state index contributed by atoms with van der Waals surface area (Å²) < 4.78 is 31.0. The maximum Gasteiger partial charge on any atom is 0.227 e. The number of ether oxygens (including phenoxy) is 1. The molecular weight excluding hydrogens is 364 g/mol. The Morgan fingerprint density at radius 2 is 1.63 bits per heavy atom. The molecule has 1 aliphatic heterocycles. The molecule has 0 aliphatic carbocycles. The second-order valence-electron chi connectivity index (χ2n) is 6.50. The summed E-state index contributed by atoms with van der Waals surface area (Å²) in [6.45, 7) is 2.44. The van der Waals surface area contributed by atoms with E-state index < -0.39 is 10.0 Å². The summed E-state index contributed by atoms with van der Waals surface area (Å²) in [4.78, 5) is 12.5. The number of sulfonamides is 1. The third-order valence-electron chi connectivity index (χ3n) is 4.68.